The van der Waals surface area contributed by atoms with E-state index in [9.17, 15) is 4.79 Å². The summed E-state index contributed by atoms with van der Waals surface area (Å²) in [7, 11) is 0. The Kier molecular flexibility index (Phi) is 24.6. The summed E-state index contributed by atoms with van der Waals surface area (Å²) in [6, 6.07) is 0. The summed E-state index contributed by atoms with van der Waals surface area (Å²) >= 11 is 0. The van der Waals surface area contributed by atoms with Crippen LogP contribution in [0.5, 0.6) is 0 Å². The normalized spacial score (nSPS) is 10.9. The number of carboxylic acid groups (broad SMARTS) is 1. The van der Waals surface area contributed by atoms with Crippen molar-refractivity contribution in [2.75, 3.05) is 106 Å². The van der Waals surface area contributed by atoms with Gasteiger partial charge < -0.3 is 43.0 Å². The van der Waals surface area contributed by atoms with Crippen molar-refractivity contribution in [2.24, 2.45) is 0 Å². The van der Waals surface area contributed by atoms with Crippen LogP contribution in [0.25, 0.3) is 0 Å². The summed E-state index contributed by atoms with van der Waals surface area (Å²) in [5.74, 6) is 1.51. The molecular weight excluding hydrogens is 400 g/mol. The highest BCUT2D eigenvalue weighted by atomic mass is 16.6. The number of ether oxygens (including phenoxy) is 8. The van der Waals surface area contributed by atoms with Crippen LogP contribution in [0.2, 0.25) is 0 Å². The fourth-order valence-corrected chi connectivity index (χ4v) is 1.83. The third kappa shape index (κ3) is 26.7. The maximum Gasteiger partial charge on any atom is 0.305 e. The molecule has 1 N–H and O–H groups in total. The Labute approximate surface area is 179 Å². The maximum absolute atomic E-state index is 10.3. The van der Waals surface area contributed by atoms with Gasteiger partial charge in [0.2, 0.25) is 0 Å². The van der Waals surface area contributed by atoms with E-state index in [1.165, 1.54) is 0 Å². The van der Waals surface area contributed by atoms with Gasteiger partial charge in [0.05, 0.1) is 106 Å². The third-order valence-electron chi connectivity index (χ3n) is 3.25. The van der Waals surface area contributed by atoms with E-state index in [2.05, 4.69) is 5.92 Å². The molecule has 0 saturated carbocycles. The lowest BCUT2D eigenvalue weighted by Crippen LogP contribution is -2.15. The topological polar surface area (TPSA) is 111 Å². The molecule has 0 spiro atoms. The van der Waals surface area contributed by atoms with Crippen LogP contribution in [0.4, 0.5) is 0 Å². The summed E-state index contributed by atoms with van der Waals surface area (Å²) in [4.78, 5) is 10.3. The van der Waals surface area contributed by atoms with Gasteiger partial charge in [-0.25, -0.2) is 0 Å². The highest BCUT2D eigenvalue weighted by Gasteiger charge is 1.97. The van der Waals surface area contributed by atoms with E-state index in [-0.39, 0.29) is 13.0 Å². The zero-order valence-electron chi connectivity index (χ0n) is 17.7. The van der Waals surface area contributed by atoms with E-state index < -0.39 is 5.97 Å². The summed E-state index contributed by atoms with van der Waals surface area (Å²) in [6.07, 6.45) is 5.05. The first-order valence-electron chi connectivity index (χ1n) is 10.0. The zero-order chi connectivity index (χ0) is 22.0. The molecular formula is C20H36O10. The highest BCUT2D eigenvalue weighted by Crippen LogP contribution is 1.86. The van der Waals surface area contributed by atoms with Crippen molar-refractivity contribution in [3.63, 3.8) is 0 Å². The molecule has 10 nitrogen and oxygen atoms in total. The van der Waals surface area contributed by atoms with Gasteiger partial charge in [-0.3, -0.25) is 4.79 Å². The second kappa shape index (κ2) is 25.7. The number of terminal acetylenes is 1. The Balaban J connectivity index is 3.00. The van der Waals surface area contributed by atoms with Gasteiger partial charge in [-0.15, -0.1) is 6.42 Å². The fraction of sp³-hybridized carbons (Fsp3) is 0.850. The van der Waals surface area contributed by atoms with Gasteiger partial charge in [0.1, 0.15) is 6.61 Å². The van der Waals surface area contributed by atoms with Crippen LogP contribution in [-0.2, 0) is 42.7 Å². The lowest BCUT2D eigenvalue weighted by molar-refractivity contribution is -0.138. The first-order chi connectivity index (χ1) is 14.8. The minimum Gasteiger partial charge on any atom is -0.481 e. The molecule has 0 unspecified atom stereocenters. The summed E-state index contributed by atoms with van der Waals surface area (Å²) in [5.41, 5.74) is 0. The Bertz CT molecular complexity index is 400. The maximum atomic E-state index is 10.3. The number of carboxylic acids is 1. The predicted molar refractivity (Wildman–Crippen MR) is 108 cm³/mol. The van der Waals surface area contributed by atoms with Crippen LogP contribution < -0.4 is 0 Å². The van der Waals surface area contributed by atoms with Gasteiger partial charge in [0, 0.05) is 0 Å². The Morgan fingerprint density at radius 1 is 0.533 bits per heavy atom. The van der Waals surface area contributed by atoms with Crippen molar-refractivity contribution < 1.29 is 47.8 Å². The van der Waals surface area contributed by atoms with Crippen molar-refractivity contribution in [3.05, 3.63) is 0 Å². The number of hydrogen-bond donors (Lipinski definition) is 1. The first-order valence-corrected chi connectivity index (χ1v) is 10.0. The van der Waals surface area contributed by atoms with Crippen molar-refractivity contribution in [1.82, 2.24) is 0 Å². The molecule has 0 heterocycles. The van der Waals surface area contributed by atoms with Gasteiger partial charge in [-0.2, -0.15) is 0 Å². The molecule has 0 rings (SSSR count). The molecule has 0 saturated heterocycles. The summed E-state index contributed by atoms with van der Waals surface area (Å²) in [5, 5.41) is 8.44. The average Bonchev–Trinajstić information content (AvgIpc) is 2.73. The van der Waals surface area contributed by atoms with Crippen molar-refractivity contribution >= 4 is 5.97 Å². The average molecular weight is 436 g/mol. The number of aliphatic carboxylic acids is 1. The zero-order valence-corrected chi connectivity index (χ0v) is 17.7. The summed E-state index contributed by atoms with van der Waals surface area (Å²) < 4.78 is 42.2. The molecule has 30 heavy (non-hydrogen) atoms. The molecule has 0 bridgehead atoms. The van der Waals surface area contributed by atoms with Gasteiger partial charge in [-0.05, 0) is 0 Å². The van der Waals surface area contributed by atoms with Gasteiger partial charge >= 0.3 is 5.97 Å². The lowest BCUT2D eigenvalue weighted by Gasteiger charge is -2.08. The Morgan fingerprint density at radius 2 is 0.800 bits per heavy atom. The van der Waals surface area contributed by atoms with Crippen LogP contribution in [0.3, 0.4) is 0 Å². The Hall–Kier alpha value is -1.29. The second-order valence-corrected chi connectivity index (χ2v) is 5.69. The summed E-state index contributed by atoms with van der Waals surface area (Å²) in [6.45, 7) is 7.18. The molecule has 0 aliphatic heterocycles. The van der Waals surface area contributed by atoms with Crippen LogP contribution in [0, 0.1) is 12.3 Å². The molecule has 0 amide bonds. The SMILES string of the molecule is C#CCOCCOCCOCCOCCOCCOCCOCCOCCC(=O)O. The second-order valence-electron chi connectivity index (χ2n) is 5.69. The number of carbonyl (C=O) groups is 1. The fourth-order valence-electron chi connectivity index (χ4n) is 1.83. The monoisotopic (exact) mass is 436 g/mol. The van der Waals surface area contributed by atoms with Gasteiger partial charge in [0.15, 0.2) is 0 Å². The van der Waals surface area contributed by atoms with Crippen LogP contribution >= 0.6 is 0 Å². The number of hydrogen-bond acceptors (Lipinski definition) is 9. The van der Waals surface area contributed by atoms with Crippen LogP contribution in [-0.4, -0.2) is 117 Å². The molecule has 0 aliphatic carbocycles. The van der Waals surface area contributed by atoms with E-state index in [1.54, 1.807) is 0 Å². The molecule has 0 atom stereocenters. The van der Waals surface area contributed by atoms with Gasteiger partial charge in [0.25, 0.3) is 0 Å². The standard InChI is InChI=1S/C20H36O10/c1-2-4-23-6-8-25-10-12-27-14-16-29-18-19-30-17-15-28-13-11-26-9-7-24-5-3-20(21)22/h1H,3-19H2,(H,21,22). The van der Waals surface area contributed by atoms with Crippen molar-refractivity contribution in [2.45, 2.75) is 6.42 Å². The molecule has 0 aromatic carbocycles. The smallest absolute Gasteiger partial charge is 0.305 e. The molecule has 0 aromatic rings. The molecule has 176 valence electrons. The van der Waals surface area contributed by atoms with E-state index >= 15 is 0 Å². The minimum atomic E-state index is -0.871. The van der Waals surface area contributed by atoms with E-state index in [0.29, 0.717) is 99.1 Å². The minimum absolute atomic E-state index is 0.00289. The third-order valence-corrected chi connectivity index (χ3v) is 3.25. The molecule has 0 aromatic heterocycles. The number of rotatable bonds is 25. The van der Waals surface area contributed by atoms with Crippen molar-refractivity contribution in [3.8, 4) is 12.3 Å². The van der Waals surface area contributed by atoms with E-state index in [1.807, 2.05) is 0 Å². The Morgan fingerprint density at radius 3 is 1.07 bits per heavy atom. The lowest BCUT2D eigenvalue weighted by atomic mass is 10.5. The van der Waals surface area contributed by atoms with E-state index in [4.69, 9.17) is 49.4 Å². The first kappa shape index (κ1) is 28.7. The van der Waals surface area contributed by atoms with E-state index in [0.717, 1.165) is 0 Å². The largest absolute Gasteiger partial charge is 0.481 e. The quantitative estimate of drug-likeness (QED) is 0.158. The molecule has 10 heteroatoms. The molecule has 0 fully saturated rings. The van der Waals surface area contributed by atoms with Gasteiger partial charge in [-0.1, -0.05) is 5.92 Å². The highest BCUT2D eigenvalue weighted by molar-refractivity contribution is 5.66. The van der Waals surface area contributed by atoms with Crippen LogP contribution in [0.1, 0.15) is 6.42 Å². The van der Waals surface area contributed by atoms with Crippen LogP contribution in [0.15, 0.2) is 0 Å². The predicted octanol–water partition coefficient (Wildman–Crippen LogP) is 0.227. The molecule has 0 aliphatic rings. The van der Waals surface area contributed by atoms with Crippen molar-refractivity contribution in [1.29, 1.82) is 0 Å². The molecule has 0 radical (unpaired) electrons.